The quantitative estimate of drug-likeness (QED) is 0.535. The molecular weight excluding hydrogens is 462 g/mol. The first-order chi connectivity index (χ1) is 16.3. The molecule has 2 aromatic rings. The van der Waals surface area contributed by atoms with E-state index in [0.717, 1.165) is 24.2 Å². The van der Waals surface area contributed by atoms with Crippen LogP contribution in [0.2, 0.25) is 0 Å². The predicted molar refractivity (Wildman–Crippen MR) is 126 cm³/mol. The topological polar surface area (TPSA) is 103 Å². The lowest BCUT2D eigenvalue weighted by Crippen LogP contribution is -2.34. The highest BCUT2D eigenvalue weighted by Gasteiger charge is 2.36. The molecule has 0 aliphatic carbocycles. The van der Waals surface area contributed by atoms with E-state index in [1.165, 1.54) is 29.0 Å². The molecule has 0 spiro atoms. The minimum Gasteiger partial charge on any atom is -0.345 e. The molecule has 8 nitrogen and oxygen atoms in total. The summed E-state index contributed by atoms with van der Waals surface area (Å²) >= 11 is 0.933. The van der Waals surface area contributed by atoms with Gasteiger partial charge in [-0.25, -0.2) is 4.98 Å². The van der Waals surface area contributed by atoms with Crippen molar-refractivity contribution in [3.05, 3.63) is 43.4 Å². The fraction of sp³-hybridized carbons (Fsp3) is 0.391. The van der Waals surface area contributed by atoms with Crippen molar-refractivity contribution in [3.63, 3.8) is 0 Å². The number of halogens is 2. The maximum absolute atomic E-state index is 14.7. The van der Waals surface area contributed by atoms with E-state index < -0.39 is 23.9 Å². The smallest absolute Gasteiger partial charge is 0.302 e. The summed E-state index contributed by atoms with van der Waals surface area (Å²) in [6, 6.07) is 6.08. The molecule has 0 aromatic carbocycles. The Hall–Kier alpha value is -3.54. The highest BCUT2D eigenvalue weighted by molar-refractivity contribution is 7.07. The molecule has 0 atom stereocenters. The first-order valence-electron chi connectivity index (χ1n) is 10.7. The van der Waals surface area contributed by atoms with Crippen LogP contribution in [0, 0.1) is 23.7 Å². The van der Waals surface area contributed by atoms with Crippen LogP contribution in [-0.4, -0.2) is 46.5 Å². The number of nitrogens with zero attached hydrogens (tertiary/aromatic N) is 4. The van der Waals surface area contributed by atoms with Crippen molar-refractivity contribution in [2.45, 2.75) is 32.2 Å². The van der Waals surface area contributed by atoms with Gasteiger partial charge < -0.3 is 10.6 Å². The van der Waals surface area contributed by atoms with Crippen LogP contribution in [0.4, 0.5) is 14.6 Å². The van der Waals surface area contributed by atoms with Gasteiger partial charge in [0.15, 0.2) is 5.57 Å². The molecule has 0 unspecified atom stereocenters. The lowest BCUT2D eigenvalue weighted by atomic mass is 10.2. The molecule has 0 bridgehead atoms. The number of nitrogens with one attached hydrogen (secondary N) is 2. The van der Waals surface area contributed by atoms with Crippen molar-refractivity contribution >= 4 is 34.8 Å². The largest absolute Gasteiger partial charge is 0.345 e. The zero-order valence-corrected chi connectivity index (χ0v) is 19.4. The lowest BCUT2D eigenvalue weighted by molar-refractivity contribution is -0.115. The van der Waals surface area contributed by atoms with Crippen LogP contribution in [0.15, 0.2) is 23.0 Å². The average molecular weight is 487 g/mol. The molecule has 0 saturated carbocycles. The van der Waals surface area contributed by atoms with E-state index in [-0.39, 0.29) is 39.4 Å². The number of carbonyl (C=O) groups is 1. The van der Waals surface area contributed by atoms with Crippen molar-refractivity contribution < 1.29 is 13.6 Å². The van der Waals surface area contributed by atoms with E-state index in [1.54, 1.807) is 11.8 Å². The molecule has 34 heavy (non-hydrogen) atoms. The van der Waals surface area contributed by atoms with Crippen molar-refractivity contribution in [1.29, 1.82) is 5.26 Å². The maximum atomic E-state index is 14.7. The number of rotatable bonds is 8. The van der Waals surface area contributed by atoms with Gasteiger partial charge in [-0.15, -0.1) is 17.8 Å². The van der Waals surface area contributed by atoms with Crippen molar-refractivity contribution in [2.75, 3.05) is 31.5 Å². The minimum atomic E-state index is -3.12. The summed E-state index contributed by atoms with van der Waals surface area (Å²) in [5, 5.41) is 14.7. The number of nitriles is 1. The normalized spacial score (nSPS) is 15.5. The van der Waals surface area contributed by atoms with Crippen LogP contribution in [0.3, 0.4) is 0 Å². The molecule has 1 saturated heterocycles. The molecule has 1 amide bonds. The summed E-state index contributed by atoms with van der Waals surface area (Å²) in [7, 11) is 0. The highest BCUT2D eigenvalue weighted by Crippen LogP contribution is 2.29. The molecule has 178 valence electrons. The van der Waals surface area contributed by atoms with E-state index in [0.29, 0.717) is 13.1 Å². The molecule has 1 aliphatic heterocycles. The Bertz CT molecular complexity index is 1310. The Morgan fingerprint density at radius 1 is 1.38 bits per heavy atom. The van der Waals surface area contributed by atoms with Gasteiger partial charge in [0.25, 0.3) is 11.5 Å². The van der Waals surface area contributed by atoms with E-state index in [4.69, 9.17) is 6.42 Å². The SMILES string of the molecule is C#CCNC(=O)C(C#N)=c1sc(=CNc2cccc(C(F)(F)CN3CCCC3)n2)c(=O)n1CC. The van der Waals surface area contributed by atoms with Crippen molar-refractivity contribution in [1.82, 2.24) is 19.8 Å². The standard InChI is InChI=1S/C23H24F2N6O2S/c1-3-10-27-20(32)16(13-26)22-31(4-2)21(33)17(34-22)14-28-19-9-7-8-18(29-19)23(24,25)15-30-11-5-6-12-30/h1,7-9,14H,4-6,10-12,15H2,2H3,(H,27,32)(H,28,29). The summed E-state index contributed by atoms with van der Waals surface area (Å²) in [5.41, 5.74) is -1.02. The number of likely N-dealkylation sites (tertiary alicyclic amines) is 1. The zero-order valence-electron chi connectivity index (χ0n) is 18.6. The molecule has 2 aromatic heterocycles. The van der Waals surface area contributed by atoms with Gasteiger partial charge in [0.1, 0.15) is 26.8 Å². The number of alkyl halides is 2. The monoisotopic (exact) mass is 486 g/mol. The molecule has 3 rings (SSSR count). The van der Waals surface area contributed by atoms with E-state index in [1.807, 2.05) is 6.07 Å². The van der Waals surface area contributed by atoms with Gasteiger partial charge in [0.05, 0.1) is 13.1 Å². The summed E-state index contributed by atoms with van der Waals surface area (Å²) in [4.78, 5) is 30.8. The van der Waals surface area contributed by atoms with Crippen LogP contribution in [0.1, 0.15) is 25.5 Å². The van der Waals surface area contributed by atoms with Crippen LogP contribution < -0.4 is 25.4 Å². The van der Waals surface area contributed by atoms with Gasteiger partial charge >= 0.3 is 5.92 Å². The van der Waals surface area contributed by atoms with E-state index >= 15 is 0 Å². The summed E-state index contributed by atoms with van der Waals surface area (Å²) in [5.74, 6) is -1.40. The van der Waals surface area contributed by atoms with Crippen LogP contribution >= 0.6 is 11.3 Å². The number of hydrogen-bond donors (Lipinski definition) is 2. The molecule has 11 heteroatoms. The third kappa shape index (κ3) is 5.68. The van der Waals surface area contributed by atoms with Crippen LogP contribution in [-0.2, 0) is 17.3 Å². The van der Waals surface area contributed by atoms with Crippen molar-refractivity contribution in [3.8, 4) is 18.4 Å². The minimum absolute atomic E-state index is 0.0588. The van der Waals surface area contributed by atoms with Gasteiger partial charge in [0, 0.05) is 12.7 Å². The third-order valence-corrected chi connectivity index (χ3v) is 6.35. The van der Waals surface area contributed by atoms with E-state index in [2.05, 4.69) is 21.5 Å². The number of anilines is 1. The summed E-state index contributed by atoms with van der Waals surface area (Å²) < 4.78 is 31.1. The third-order valence-electron chi connectivity index (χ3n) is 5.22. The summed E-state index contributed by atoms with van der Waals surface area (Å²) in [6.45, 7) is 2.77. The maximum Gasteiger partial charge on any atom is 0.302 e. The second-order valence-corrected chi connectivity index (χ2v) is 8.61. The molecule has 3 heterocycles. The van der Waals surface area contributed by atoms with Crippen LogP contribution in [0.5, 0.6) is 0 Å². The number of carbonyl (C=O) groups excluding carboxylic acids is 1. The predicted octanol–water partition coefficient (Wildman–Crippen LogP) is 0.786. The average Bonchev–Trinajstić information content (AvgIpc) is 3.44. The fourth-order valence-corrected chi connectivity index (χ4v) is 4.66. The number of hydrogen-bond acceptors (Lipinski definition) is 7. The Balaban J connectivity index is 1.92. The Morgan fingerprint density at radius 2 is 2.12 bits per heavy atom. The lowest BCUT2D eigenvalue weighted by Gasteiger charge is -2.22. The molecular formula is C23H24F2N6O2S. The van der Waals surface area contributed by atoms with Crippen molar-refractivity contribution in [2.24, 2.45) is 0 Å². The first kappa shape index (κ1) is 25.1. The fourth-order valence-electron chi connectivity index (χ4n) is 3.57. The molecule has 0 radical (unpaired) electrons. The number of aromatic nitrogens is 2. The van der Waals surface area contributed by atoms with Gasteiger partial charge in [-0.05, 0) is 45.0 Å². The molecule has 2 N–H and O–H groups in total. The highest BCUT2D eigenvalue weighted by atomic mass is 32.1. The Labute approximate surface area is 199 Å². The number of pyridine rings is 1. The zero-order chi connectivity index (χ0) is 24.7. The van der Waals surface area contributed by atoms with E-state index in [9.17, 15) is 23.6 Å². The summed E-state index contributed by atoms with van der Waals surface area (Å²) in [6.07, 6.45) is 8.29. The molecule has 1 aliphatic rings. The number of thiazole rings is 1. The Morgan fingerprint density at radius 3 is 2.76 bits per heavy atom. The van der Waals surface area contributed by atoms with Gasteiger partial charge in [0.2, 0.25) is 0 Å². The first-order valence-corrected chi connectivity index (χ1v) is 11.5. The number of amides is 1. The Kier molecular flexibility index (Phi) is 8.16. The van der Waals surface area contributed by atoms with Gasteiger partial charge in [-0.3, -0.25) is 19.1 Å². The molecule has 1 fully saturated rings. The van der Waals surface area contributed by atoms with Gasteiger partial charge in [-0.1, -0.05) is 12.0 Å². The second kappa shape index (κ2) is 11.1. The second-order valence-electron chi connectivity index (χ2n) is 7.58. The van der Waals surface area contributed by atoms with Crippen LogP contribution in [0.25, 0.3) is 11.8 Å². The number of terminal acetylenes is 1. The van der Waals surface area contributed by atoms with Gasteiger partial charge in [-0.2, -0.15) is 14.0 Å².